The Morgan fingerprint density at radius 2 is 1.54 bits per heavy atom. The molecule has 0 aliphatic carbocycles. The molecule has 0 aliphatic heterocycles. The first kappa shape index (κ1) is 18.8. The van der Waals surface area contributed by atoms with Crippen LogP contribution in [0.25, 0.3) is 11.1 Å². The number of carbonyl (C=O) groups is 1. The van der Waals surface area contributed by atoms with Crippen molar-refractivity contribution in [3.8, 4) is 11.1 Å². The van der Waals surface area contributed by atoms with Crippen LogP contribution in [0.2, 0.25) is 0 Å². The topological polar surface area (TPSA) is 120 Å². The van der Waals surface area contributed by atoms with Crippen molar-refractivity contribution in [2.75, 3.05) is 0 Å². The first-order valence-electron chi connectivity index (χ1n) is 8.70. The van der Waals surface area contributed by atoms with Gasteiger partial charge in [-0.15, -0.1) is 0 Å². The Labute approximate surface area is 163 Å². The maximum Gasteiger partial charge on any atom is 0.249 e. The first-order valence-corrected chi connectivity index (χ1v) is 8.70. The molecule has 140 valence electrons. The third-order valence-electron chi connectivity index (χ3n) is 4.41. The summed E-state index contributed by atoms with van der Waals surface area (Å²) in [5, 5.41) is 7.11. The van der Waals surface area contributed by atoms with E-state index in [1.54, 1.807) is 18.5 Å². The molecular weight excluding hydrogens is 350 g/mol. The van der Waals surface area contributed by atoms with Gasteiger partial charge in [0, 0.05) is 5.56 Å². The van der Waals surface area contributed by atoms with Crippen LogP contribution in [0, 0.1) is 0 Å². The van der Waals surface area contributed by atoms with Gasteiger partial charge in [0.1, 0.15) is 0 Å². The zero-order chi connectivity index (χ0) is 19.9. The molecule has 0 aromatic heterocycles. The predicted octanol–water partition coefficient (Wildman–Crippen LogP) is 2.63. The van der Waals surface area contributed by atoms with Crippen LogP contribution in [0.4, 0.5) is 0 Å². The average molecular weight is 371 g/mol. The van der Waals surface area contributed by atoms with Gasteiger partial charge in [-0.2, -0.15) is 10.2 Å². The smallest absolute Gasteiger partial charge is 0.249 e. The van der Waals surface area contributed by atoms with Gasteiger partial charge >= 0.3 is 0 Å². The number of hydrogen-bond acceptors (Lipinski definition) is 5. The normalized spacial score (nSPS) is 11.3. The Morgan fingerprint density at radius 1 is 0.857 bits per heavy atom. The fraction of sp³-hybridized carbons (Fsp3) is 0.0455. The lowest BCUT2D eigenvalue weighted by atomic mass is 9.90. The van der Waals surface area contributed by atoms with E-state index in [-0.39, 0.29) is 0 Å². The summed E-state index contributed by atoms with van der Waals surface area (Å²) in [6, 6.07) is 21.2. The van der Waals surface area contributed by atoms with E-state index in [0.717, 1.165) is 33.4 Å². The van der Waals surface area contributed by atoms with Crippen LogP contribution < -0.4 is 17.4 Å². The average Bonchev–Trinajstić information content (AvgIpc) is 2.69. The highest BCUT2D eigenvalue weighted by Gasteiger charge is 2.15. The van der Waals surface area contributed by atoms with Crippen molar-refractivity contribution >= 4 is 18.3 Å². The molecule has 6 heteroatoms. The number of nitrogens with two attached hydrogens (primary N) is 3. The summed E-state index contributed by atoms with van der Waals surface area (Å²) in [6.45, 7) is 0. The van der Waals surface area contributed by atoms with Crippen LogP contribution in [0.3, 0.4) is 0 Å². The van der Waals surface area contributed by atoms with Gasteiger partial charge in [0.2, 0.25) is 5.91 Å². The number of amides is 1. The summed E-state index contributed by atoms with van der Waals surface area (Å²) >= 11 is 0. The molecule has 0 saturated heterocycles. The van der Waals surface area contributed by atoms with E-state index >= 15 is 0 Å². The molecule has 3 rings (SSSR count). The van der Waals surface area contributed by atoms with Crippen molar-refractivity contribution in [2.45, 2.75) is 6.42 Å². The lowest BCUT2D eigenvalue weighted by Gasteiger charge is -2.14. The number of primary amides is 1. The Hall–Kier alpha value is -3.93. The third kappa shape index (κ3) is 4.24. The molecule has 0 radical (unpaired) electrons. The van der Waals surface area contributed by atoms with Gasteiger partial charge in [-0.25, -0.2) is 0 Å². The largest absolute Gasteiger partial charge is 0.366 e. The molecule has 0 spiro atoms. The second kappa shape index (κ2) is 8.64. The van der Waals surface area contributed by atoms with E-state index in [4.69, 9.17) is 17.4 Å². The summed E-state index contributed by atoms with van der Waals surface area (Å²) in [6.07, 6.45) is 3.80. The van der Waals surface area contributed by atoms with Gasteiger partial charge in [-0.3, -0.25) is 4.79 Å². The number of nitrogens with zero attached hydrogens (tertiary/aromatic N) is 2. The fourth-order valence-corrected chi connectivity index (χ4v) is 3.20. The molecule has 6 nitrogen and oxygen atoms in total. The molecule has 0 aliphatic rings. The zero-order valence-electron chi connectivity index (χ0n) is 15.2. The van der Waals surface area contributed by atoms with Crippen LogP contribution in [-0.2, 0) is 6.42 Å². The molecule has 0 atom stereocenters. The molecule has 6 N–H and O–H groups in total. The van der Waals surface area contributed by atoms with Crippen molar-refractivity contribution in [1.29, 1.82) is 0 Å². The van der Waals surface area contributed by atoms with Crippen molar-refractivity contribution in [3.05, 3.63) is 94.5 Å². The van der Waals surface area contributed by atoms with Gasteiger partial charge in [-0.05, 0) is 51.9 Å². The molecule has 3 aromatic carbocycles. The molecule has 28 heavy (non-hydrogen) atoms. The molecular formula is C22H21N5O. The lowest BCUT2D eigenvalue weighted by molar-refractivity contribution is 0.100. The van der Waals surface area contributed by atoms with Crippen LogP contribution in [0.1, 0.15) is 32.6 Å². The predicted molar refractivity (Wildman–Crippen MR) is 113 cm³/mol. The minimum atomic E-state index is -0.464. The Kier molecular flexibility index (Phi) is 5.81. The lowest BCUT2D eigenvalue weighted by Crippen LogP contribution is -2.13. The monoisotopic (exact) mass is 371 g/mol. The standard InChI is InChI=1S/C22H21N5O/c23-22(28)20-6-2-5-19(12-16-3-1-4-17(11-16)14-27-25)21(20)18-9-7-15(8-10-18)13-26-24/h1-11,13-14H,12,24-25H2,(H2,23,28). The summed E-state index contributed by atoms with van der Waals surface area (Å²) in [7, 11) is 0. The number of rotatable bonds is 6. The summed E-state index contributed by atoms with van der Waals surface area (Å²) in [5.41, 5.74) is 11.7. The number of hydrazone groups is 2. The minimum absolute atomic E-state index is 0.464. The van der Waals surface area contributed by atoms with Crippen LogP contribution in [0.5, 0.6) is 0 Å². The van der Waals surface area contributed by atoms with Gasteiger partial charge in [-0.1, -0.05) is 54.6 Å². The van der Waals surface area contributed by atoms with Crippen molar-refractivity contribution < 1.29 is 4.79 Å². The van der Waals surface area contributed by atoms with Gasteiger partial charge in [0.05, 0.1) is 12.4 Å². The number of hydrogen-bond donors (Lipinski definition) is 3. The van der Waals surface area contributed by atoms with Crippen LogP contribution in [-0.4, -0.2) is 18.3 Å². The van der Waals surface area contributed by atoms with Gasteiger partial charge in [0.25, 0.3) is 0 Å². The molecule has 0 unspecified atom stereocenters. The van der Waals surface area contributed by atoms with E-state index in [2.05, 4.69) is 10.2 Å². The van der Waals surface area contributed by atoms with Crippen molar-refractivity contribution in [2.24, 2.45) is 27.6 Å². The van der Waals surface area contributed by atoms with E-state index in [1.807, 2.05) is 60.7 Å². The molecule has 0 saturated carbocycles. The Morgan fingerprint density at radius 3 is 2.21 bits per heavy atom. The highest BCUT2D eigenvalue weighted by atomic mass is 16.1. The number of benzene rings is 3. The molecule has 0 heterocycles. The third-order valence-corrected chi connectivity index (χ3v) is 4.41. The van der Waals surface area contributed by atoms with Crippen LogP contribution >= 0.6 is 0 Å². The zero-order valence-corrected chi connectivity index (χ0v) is 15.2. The maximum atomic E-state index is 12.1. The molecule has 3 aromatic rings. The SMILES string of the molecule is NN=Cc1ccc(-c2c(Cc3cccc(C=NN)c3)cccc2C(N)=O)cc1. The van der Waals surface area contributed by atoms with Gasteiger partial charge < -0.3 is 17.4 Å². The molecule has 0 fully saturated rings. The highest BCUT2D eigenvalue weighted by Crippen LogP contribution is 2.30. The Balaban J connectivity index is 2.08. The molecule has 1 amide bonds. The van der Waals surface area contributed by atoms with Crippen molar-refractivity contribution in [1.82, 2.24) is 0 Å². The number of carbonyl (C=O) groups excluding carboxylic acids is 1. The summed E-state index contributed by atoms with van der Waals surface area (Å²) in [5.74, 6) is 10.00. The first-order chi connectivity index (χ1) is 13.6. The Bertz CT molecular complexity index is 1040. The minimum Gasteiger partial charge on any atom is -0.366 e. The quantitative estimate of drug-likeness (QED) is 0.351. The summed E-state index contributed by atoms with van der Waals surface area (Å²) in [4.78, 5) is 12.1. The summed E-state index contributed by atoms with van der Waals surface area (Å²) < 4.78 is 0. The van der Waals surface area contributed by atoms with Gasteiger partial charge in [0.15, 0.2) is 0 Å². The van der Waals surface area contributed by atoms with Crippen LogP contribution in [0.15, 0.2) is 76.9 Å². The van der Waals surface area contributed by atoms with E-state index in [1.165, 1.54) is 0 Å². The molecule has 0 bridgehead atoms. The maximum absolute atomic E-state index is 12.1. The highest BCUT2D eigenvalue weighted by molar-refractivity contribution is 6.01. The fourth-order valence-electron chi connectivity index (χ4n) is 3.20. The van der Waals surface area contributed by atoms with E-state index in [0.29, 0.717) is 12.0 Å². The second-order valence-corrected chi connectivity index (χ2v) is 6.30. The second-order valence-electron chi connectivity index (χ2n) is 6.30. The van der Waals surface area contributed by atoms with Crippen molar-refractivity contribution in [3.63, 3.8) is 0 Å². The van der Waals surface area contributed by atoms with E-state index < -0.39 is 5.91 Å². The van der Waals surface area contributed by atoms with E-state index in [9.17, 15) is 4.79 Å².